The van der Waals surface area contributed by atoms with Gasteiger partial charge in [-0.2, -0.15) is 0 Å². The van der Waals surface area contributed by atoms with Crippen LogP contribution in [0.15, 0.2) is 54.6 Å². The first kappa shape index (κ1) is 16.6. The zero-order valence-electron chi connectivity index (χ0n) is 15.4. The van der Waals surface area contributed by atoms with Crippen molar-refractivity contribution in [3.63, 3.8) is 0 Å². The van der Waals surface area contributed by atoms with Gasteiger partial charge in [-0.15, -0.1) is 0 Å². The highest BCUT2D eigenvalue weighted by atomic mass is 16.5. The molecule has 0 spiro atoms. The first-order chi connectivity index (χ1) is 13.3. The van der Waals surface area contributed by atoms with Crippen LogP contribution in [0.25, 0.3) is 10.9 Å². The summed E-state index contributed by atoms with van der Waals surface area (Å²) in [6.07, 6.45) is 2.40. The largest absolute Gasteiger partial charge is 0.381 e. The number of aromatic nitrogens is 1. The topological polar surface area (TPSA) is 45.3 Å². The van der Waals surface area contributed by atoms with E-state index in [0.717, 1.165) is 31.4 Å². The average molecular weight is 360 g/mol. The molecule has 3 heterocycles. The second kappa shape index (κ2) is 6.54. The van der Waals surface area contributed by atoms with Crippen LogP contribution >= 0.6 is 0 Å². The quantitative estimate of drug-likeness (QED) is 0.755. The highest BCUT2D eigenvalue weighted by Gasteiger charge is 2.44. The SMILES string of the molecule is O=C(N1CCc2[nH]c3ccccc3c2C1)C1(c2ccccc2)CCOCC1. The number of carbonyl (C=O) groups is 1. The Morgan fingerprint density at radius 1 is 1.00 bits per heavy atom. The molecule has 2 aliphatic heterocycles. The second-order valence-corrected chi connectivity index (χ2v) is 7.66. The van der Waals surface area contributed by atoms with E-state index in [1.54, 1.807) is 0 Å². The average Bonchev–Trinajstić information content (AvgIpc) is 3.12. The summed E-state index contributed by atoms with van der Waals surface area (Å²) < 4.78 is 5.61. The molecule has 0 unspecified atom stereocenters. The summed E-state index contributed by atoms with van der Waals surface area (Å²) in [7, 11) is 0. The number of benzene rings is 2. The molecule has 4 nitrogen and oxygen atoms in total. The van der Waals surface area contributed by atoms with E-state index in [1.807, 2.05) is 18.2 Å². The van der Waals surface area contributed by atoms with E-state index < -0.39 is 5.41 Å². The van der Waals surface area contributed by atoms with Crippen molar-refractivity contribution >= 4 is 16.8 Å². The van der Waals surface area contributed by atoms with E-state index in [-0.39, 0.29) is 5.91 Å². The fourth-order valence-corrected chi connectivity index (χ4v) is 4.75. The number of carbonyl (C=O) groups excluding carboxylic acids is 1. The van der Waals surface area contributed by atoms with Crippen molar-refractivity contribution in [1.82, 2.24) is 9.88 Å². The number of para-hydroxylation sites is 1. The molecule has 1 saturated heterocycles. The van der Waals surface area contributed by atoms with E-state index in [1.165, 1.54) is 22.2 Å². The molecule has 1 N–H and O–H groups in total. The molecular formula is C23H24N2O2. The number of aromatic amines is 1. The van der Waals surface area contributed by atoms with Crippen LogP contribution in [-0.4, -0.2) is 35.5 Å². The van der Waals surface area contributed by atoms with E-state index in [9.17, 15) is 4.79 Å². The fraction of sp³-hybridized carbons (Fsp3) is 0.348. The van der Waals surface area contributed by atoms with Gasteiger partial charge in [-0.3, -0.25) is 4.79 Å². The third-order valence-electron chi connectivity index (χ3n) is 6.25. The van der Waals surface area contributed by atoms with Gasteiger partial charge in [0.05, 0.1) is 5.41 Å². The number of nitrogens with zero attached hydrogens (tertiary/aromatic N) is 1. The van der Waals surface area contributed by atoms with Gasteiger partial charge in [-0.05, 0) is 24.5 Å². The summed E-state index contributed by atoms with van der Waals surface area (Å²) in [4.78, 5) is 19.4. The third-order valence-corrected chi connectivity index (χ3v) is 6.25. The van der Waals surface area contributed by atoms with Gasteiger partial charge in [0.25, 0.3) is 0 Å². The summed E-state index contributed by atoms with van der Waals surface area (Å²) in [5.41, 5.74) is 4.40. The zero-order chi connectivity index (χ0) is 18.3. The lowest BCUT2D eigenvalue weighted by Gasteiger charge is -2.41. The summed E-state index contributed by atoms with van der Waals surface area (Å²) in [5.74, 6) is 0.257. The van der Waals surface area contributed by atoms with Gasteiger partial charge in [-0.25, -0.2) is 0 Å². The van der Waals surface area contributed by atoms with Crippen LogP contribution in [0.5, 0.6) is 0 Å². The van der Waals surface area contributed by atoms with Gasteiger partial charge in [0.2, 0.25) is 5.91 Å². The molecule has 2 aromatic carbocycles. The summed E-state index contributed by atoms with van der Waals surface area (Å²) in [6.45, 7) is 2.75. The molecule has 2 aliphatic rings. The number of H-pyrrole nitrogens is 1. The first-order valence-electron chi connectivity index (χ1n) is 9.79. The molecule has 138 valence electrons. The van der Waals surface area contributed by atoms with Gasteiger partial charge in [0, 0.05) is 54.9 Å². The molecular weight excluding hydrogens is 336 g/mol. The molecule has 1 amide bonds. The molecule has 3 aromatic rings. The first-order valence-corrected chi connectivity index (χ1v) is 9.79. The van der Waals surface area contributed by atoms with Crippen molar-refractivity contribution < 1.29 is 9.53 Å². The molecule has 5 rings (SSSR count). The fourth-order valence-electron chi connectivity index (χ4n) is 4.75. The van der Waals surface area contributed by atoms with Crippen LogP contribution < -0.4 is 0 Å². The Bertz CT molecular complexity index is 970. The number of rotatable bonds is 2. The van der Waals surface area contributed by atoms with E-state index in [2.05, 4.69) is 46.3 Å². The van der Waals surface area contributed by atoms with Crippen LogP contribution in [0.4, 0.5) is 0 Å². The molecule has 0 atom stereocenters. The number of ether oxygens (including phenoxy) is 1. The number of amides is 1. The van der Waals surface area contributed by atoms with Crippen molar-refractivity contribution in [2.24, 2.45) is 0 Å². The molecule has 27 heavy (non-hydrogen) atoms. The maximum absolute atomic E-state index is 13.8. The van der Waals surface area contributed by atoms with Crippen molar-refractivity contribution in [3.8, 4) is 0 Å². The van der Waals surface area contributed by atoms with E-state index >= 15 is 0 Å². The molecule has 0 bridgehead atoms. The zero-order valence-corrected chi connectivity index (χ0v) is 15.4. The predicted octanol–water partition coefficient (Wildman–Crippen LogP) is 3.80. The van der Waals surface area contributed by atoms with Crippen LogP contribution in [0.3, 0.4) is 0 Å². The number of hydrogen-bond donors (Lipinski definition) is 1. The normalized spacial score (nSPS) is 19.0. The highest BCUT2D eigenvalue weighted by Crippen LogP contribution is 2.38. The van der Waals surface area contributed by atoms with Crippen molar-refractivity contribution in [2.75, 3.05) is 19.8 Å². The molecule has 1 aromatic heterocycles. The van der Waals surface area contributed by atoms with Crippen LogP contribution in [-0.2, 0) is 27.9 Å². The number of nitrogens with one attached hydrogen (secondary N) is 1. The van der Waals surface area contributed by atoms with Gasteiger partial charge >= 0.3 is 0 Å². The Morgan fingerprint density at radius 3 is 2.56 bits per heavy atom. The maximum atomic E-state index is 13.8. The van der Waals surface area contributed by atoms with Crippen LogP contribution in [0.2, 0.25) is 0 Å². The van der Waals surface area contributed by atoms with E-state index in [4.69, 9.17) is 4.74 Å². The minimum absolute atomic E-state index is 0.257. The monoisotopic (exact) mass is 360 g/mol. The Kier molecular flexibility index (Phi) is 4.01. The molecule has 1 fully saturated rings. The number of hydrogen-bond acceptors (Lipinski definition) is 2. The number of fused-ring (bicyclic) bond motifs is 3. The maximum Gasteiger partial charge on any atom is 0.233 e. The Balaban J connectivity index is 1.51. The minimum atomic E-state index is -0.455. The standard InChI is InChI=1S/C23H24N2O2/c26-22(23(11-14-27-15-12-23)17-6-2-1-3-7-17)25-13-10-21-19(16-25)18-8-4-5-9-20(18)24-21/h1-9,24H,10-16H2. The third kappa shape index (κ3) is 2.67. The van der Waals surface area contributed by atoms with Gasteiger partial charge in [-0.1, -0.05) is 48.5 Å². The lowest BCUT2D eigenvalue weighted by Crippen LogP contribution is -2.51. The lowest BCUT2D eigenvalue weighted by molar-refractivity contribution is -0.142. The molecule has 0 aliphatic carbocycles. The Labute approximate surface area is 159 Å². The van der Waals surface area contributed by atoms with Crippen LogP contribution in [0, 0.1) is 0 Å². The molecule has 4 heteroatoms. The lowest BCUT2D eigenvalue weighted by atomic mass is 9.72. The Hall–Kier alpha value is -2.59. The summed E-state index contributed by atoms with van der Waals surface area (Å²) >= 11 is 0. The Morgan fingerprint density at radius 2 is 1.74 bits per heavy atom. The molecule has 0 saturated carbocycles. The smallest absolute Gasteiger partial charge is 0.233 e. The van der Waals surface area contributed by atoms with Crippen LogP contribution in [0.1, 0.15) is 29.7 Å². The van der Waals surface area contributed by atoms with Gasteiger partial charge in [0.1, 0.15) is 0 Å². The van der Waals surface area contributed by atoms with Gasteiger partial charge in [0.15, 0.2) is 0 Å². The van der Waals surface area contributed by atoms with Crippen molar-refractivity contribution in [3.05, 3.63) is 71.4 Å². The van der Waals surface area contributed by atoms with E-state index in [0.29, 0.717) is 19.8 Å². The van der Waals surface area contributed by atoms with Crippen molar-refractivity contribution in [2.45, 2.75) is 31.2 Å². The predicted molar refractivity (Wildman–Crippen MR) is 106 cm³/mol. The van der Waals surface area contributed by atoms with Crippen molar-refractivity contribution in [1.29, 1.82) is 0 Å². The van der Waals surface area contributed by atoms with Gasteiger partial charge < -0.3 is 14.6 Å². The highest BCUT2D eigenvalue weighted by molar-refractivity contribution is 5.90. The summed E-state index contributed by atoms with van der Waals surface area (Å²) in [6, 6.07) is 18.7. The summed E-state index contributed by atoms with van der Waals surface area (Å²) in [5, 5.41) is 1.24. The second-order valence-electron chi connectivity index (χ2n) is 7.66. The molecule has 0 radical (unpaired) electrons. The minimum Gasteiger partial charge on any atom is -0.381 e.